The number of alkyl halides is 3. The number of rotatable bonds is 3. The Balaban J connectivity index is 1.88. The van der Waals surface area contributed by atoms with Gasteiger partial charge >= 0.3 is 6.18 Å². The van der Waals surface area contributed by atoms with Crippen LogP contribution in [0.2, 0.25) is 0 Å². The number of anilines is 1. The van der Waals surface area contributed by atoms with Crippen LogP contribution in [-0.2, 0) is 23.8 Å². The lowest BCUT2D eigenvalue weighted by Gasteiger charge is -2.10. The van der Waals surface area contributed by atoms with Gasteiger partial charge in [0.1, 0.15) is 10.8 Å². The summed E-state index contributed by atoms with van der Waals surface area (Å²) in [6.45, 7) is 0. The number of amides is 2. The first-order valence-electron chi connectivity index (χ1n) is 7.61. The quantitative estimate of drug-likeness (QED) is 0.854. The highest BCUT2D eigenvalue weighted by atomic mass is 32.1. The zero-order valence-corrected chi connectivity index (χ0v) is 14.1. The second-order valence-electron chi connectivity index (χ2n) is 5.82. The summed E-state index contributed by atoms with van der Waals surface area (Å²) in [6.07, 6.45) is -3.64. The van der Waals surface area contributed by atoms with Crippen molar-refractivity contribution in [2.45, 2.75) is 25.4 Å². The molecule has 0 fully saturated rings. The number of thiophene rings is 1. The Morgan fingerprint density at radius 1 is 1.12 bits per heavy atom. The molecule has 136 valence electrons. The van der Waals surface area contributed by atoms with Crippen LogP contribution in [0.1, 0.15) is 43.1 Å². The van der Waals surface area contributed by atoms with E-state index in [1.54, 1.807) is 0 Å². The highest BCUT2D eigenvalue weighted by Crippen LogP contribution is 2.37. The number of hydrogen-bond donors (Lipinski definition) is 2. The Morgan fingerprint density at radius 3 is 2.35 bits per heavy atom. The van der Waals surface area contributed by atoms with Gasteiger partial charge in [0.05, 0.1) is 11.1 Å². The molecule has 5 nitrogen and oxygen atoms in total. The SMILES string of the molecule is NC(=O)c1c(NC(=O)c2ccc(C(F)(F)F)cc2)sc2c1CCC(=O)C2. The number of nitrogens with two attached hydrogens (primary N) is 1. The van der Waals surface area contributed by atoms with E-state index in [1.165, 1.54) is 0 Å². The monoisotopic (exact) mass is 382 g/mol. The van der Waals surface area contributed by atoms with E-state index >= 15 is 0 Å². The third kappa shape index (κ3) is 3.48. The predicted octanol–water partition coefficient (Wildman–Crippen LogP) is 3.18. The number of carbonyl (C=O) groups excluding carboxylic acids is 3. The first-order chi connectivity index (χ1) is 12.2. The van der Waals surface area contributed by atoms with Crippen LogP contribution < -0.4 is 11.1 Å². The Hall–Kier alpha value is -2.68. The van der Waals surface area contributed by atoms with Crippen molar-refractivity contribution < 1.29 is 27.6 Å². The topological polar surface area (TPSA) is 89.3 Å². The highest BCUT2D eigenvalue weighted by molar-refractivity contribution is 7.17. The predicted molar refractivity (Wildman–Crippen MR) is 89.3 cm³/mol. The minimum absolute atomic E-state index is 0.0101. The van der Waals surface area contributed by atoms with E-state index in [-0.39, 0.29) is 28.3 Å². The number of primary amides is 1. The number of carbonyl (C=O) groups is 3. The molecule has 0 bridgehead atoms. The first kappa shape index (κ1) is 18.1. The van der Waals surface area contributed by atoms with Crippen LogP contribution in [-0.4, -0.2) is 17.6 Å². The van der Waals surface area contributed by atoms with Crippen molar-refractivity contribution in [3.63, 3.8) is 0 Å². The van der Waals surface area contributed by atoms with Gasteiger partial charge in [0, 0.05) is 23.3 Å². The fraction of sp³-hybridized carbons (Fsp3) is 0.235. The molecule has 1 aromatic heterocycles. The van der Waals surface area contributed by atoms with E-state index < -0.39 is 23.6 Å². The van der Waals surface area contributed by atoms with E-state index in [4.69, 9.17) is 5.73 Å². The summed E-state index contributed by atoms with van der Waals surface area (Å²) in [6, 6.07) is 3.72. The molecule has 0 spiro atoms. The molecule has 0 atom stereocenters. The molecule has 1 heterocycles. The second-order valence-corrected chi connectivity index (χ2v) is 6.92. The Morgan fingerprint density at radius 2 is 1.77 bits per heavy atom. The fourth-order valence-corrected chi connectivity index (χ4v) is 4.06. The van der Waals surface area contributed by atoms with Crippen molar-refractivity contribution in [1.29, 1.82) is 0 Å². The molecule has 1 aliphatic carbocycles. The maximum Gasteiger partial charge on any atom is 0.416 e. The van der Waals surface area contributed by atoms with E-state index in [0.29, 0.717) is 23.3 Å². The van der Waals surface area contributed by atoms with Crippen molar-refractivity contribution >= 4 is 33.9 Å². The minimum atomic E-state index is -4.49. The molecule has 26 heavy (non-hydrogen) atoms. The van der Waals surface area contributed by atoms with Crippen molar-refractivity contribution in [3.8, 4) is 0 Å². The number of halogens is 3. The van der Waals surface area contributed by atoms with Crippen LogP contribution in [0.15, 0.2) is 24.3 Å². The Bertz CT molecular complexity index is 901. The van der Waals surface area contributed by atoms with Crippen LogP contribution in [0, 0.1) is 0 Å². The zero-order chi connectivity index (χ0) is 19.1. The highest BCUT2D eigenvalue weighted by Gasteiger charge is 2.31. The summed E-state index contributed by atoms with van der Waals surface area (Å²) in [5.41, 5.74) is 5.37. The van der Waals surface area contributed by atoms with Gasteiger partial charge in [0.25, 0.3) is 11.8 Å². The number of hydrogen-bond acceptors (Lipinski definition) is 4. The molecular weight excluding hydrogens is 369 g/mol. The Kier molecular flexibility index (Phi) is 4.57. The van der Waals surface area contributed by atoms with Gasteiger partial charge in [-0.25, -0.2) is 0 Å². The lowest BCUT2D eigenvalue weighted by atomic mass is 9.94. The summed E-state index contributed by atoms with van der Waals surface area (Å²) >= 11 is 1.09. The van der Waals surface area contributed by atoms with Crippen LogP contribution in [0.25, 0.3) is 0 Å². The molecule has 2 aromatic rings. The lowest BCUT2D eigenvalue weighted by Crippen LogP contribution is -2.19. The zero-order valence-electron chi connectivity index (χ0n) is 13.3. The van der Waals surface area contributed by atoms with Gasteiger partial charge in [0.15, 0.2) is 0 Å². The maximum atomic E-state index is 12.6. The van der Waals surface area contributed by atoms with Gasteiger partial charge in [0.2, 0.25) is 0 Å². The molecule has 0 unspecified atom stereocenters. The summed E-state index contributed by atoms with van der Waals surface area (Å²) in [7, 11) is 0. The number of nitrogens with one attached hydrogen (secondary N) is 1. The molecule has 2 amide bonds. The number of Topliss-reactive ketones (excluding diaryl/α,β-unsaturated/α-hetero) is 1. The van der Waals surface area contributed by atoms with E-state index in [1.807, 2.05) is 0 Å². The van der Waals surface area contributed by atoms with Crippen molar-refractivity contribution in [2.24, 2.45) is 5.73 Å². The van der Waals surface area contributed by atoms with Crippen molar-refractivity contribution in [1.82, 2.24) is 0 Å². The number of fused-ring (bicyclic) bond motifs is 1. The molecule has 0 saturated heterocycles. The molecule has 3 rings (SSSR count). The van der Waals surface area contributed by atoms with Crippen molar-refractivity contribution in [2.75, 3.05) is 5.32 Å². The smallest absolute Gasteiger partial charge is 0.365 e. The Labute approximate surface area is 150 Å². The summed E-state index contributed by atoms with van der Waals surface area (Å²) in [5.74, 6) is -1.35. The summed E-state index contributed by atoms with van der Waals surface area (Å²) in [5, 5.41) is 2.73. The molecule has 1 aromatic carbocycles. The maximum absolute atomic E-state index is 12.6. The largest absolute Gasteiger partial charge is 0.416 e. The van der Waals surface area contributed by atoms with Crippen LogP contribution in [0.5, 0.6) is 0 Å². The third-order valence-electron chi connectivity index (χ3n) is 4.05. The van der Waals surface area contributed by atoms with Gasteiger partial charge in [-0.1, -0.05) is 0 Å². The molecule has 9 heteroatoms. The summed E-state index contributed by atoms with van der Waals surface area (Å²) < 4.78 is 37.8. The standard InChI is InChI=1S/C17H13F3N2O3S/c18-17(19,20)9-3-1-8(2-4-9)15(25)22-16-13(14(21)24)11-6-5-10(23)7-12(11)26-16/h1-4H,5-7H2,(H2,21,24)(H,22,25). The number of ketones is 1. The molecule has 0 radical (unpaired) electrons. The lowest BCUT2D eigenvalue weighted by molar-refractivity contribution is -0.137. The van der Waals surface area contributed by atoms with E-state index in [9.17, 15) is 27.6 Å². The molecule has 1 aliphatic rings. The molecule has 0 aliphatic heterocycles. The molecule has 0 saturated carbocycles. The van der Waals surface area contributed by atoms with Crippen LogP contribution >= 0.6 is 11.3 Å². The average molecular weight is 382 g/mol. The number of benzene rings is 1. The van der Waals surface area contributed by atoms with Gasteiger partial charge in [-0.05, 0) is 36.2 Å². The van der Waals surface area contributed by atoms with Gasteiger partial charge in [-0.15, -0.1) is 11.3 Å². The normalized spacial score (nSPS) is 14.0. The third-order valence-corrected chi connectivity index (χ3v) is 5.20. The first-order valence-corrected chi connectivity index (χ1v) is 8.43. The van der Waals surface area contributed by atoms with Crippen LogP contribution in [0.3, 0.4) is 0 Å². The summed E-state index contributed by atoms with van der Waals surface area (Å²) in [4.78, 5) is 36.4. The fourth-order valence-electron chi connectivity index (χ4n) is 2.79. The van der Waals surface area contributed by atoms with Crippen LogP contribution in [0.4, 0.5) is 18.2 Å². The van der Waals surface area contributed by atoms with Gasteiger partial charge in [-0.2, -0.15) is 13.2 Å². The van der Waals surface area contributed by atoms with E-state index in [2.05, 4.69) is 5.32 Å². The van der Waals surface area contributed by atoms with Gasteiger partial charge in [-0.3, -0.25) is 14.4 Å². The molecular formula is C17H13F3N2O3S. The minimum Gasteiger partial charge on any atom is -0.365 e. The molecule has 3 N–H and O–H groups in total. The van der Waals surface area contributed by atoms with Crippen molar-refractivity contribution in [3.05, 3.63) is 51.4 Å². The average Bonchev–Trinajstić information content (AvgIpc) is 2.91. The second kappa shape index (κ2) is 6.56. The van der Waals surface area contributed by atoms with E-state index in [0.717, 1.165) is 35.6 Å². The van der Waals surface area contributed by atoms with Gasteiger partial charge < -0.3 is 11.1 Å².